The number of ether oxygens (including phenoxy) is 2. The standard InChI is InChI=1S/C20H25N3O2/c1-4-5-12-23-18-9-7-6-8-17(18)22-20(23)21-14-15-10-11-16(24-2)13-19(15)25-3/h6-11,13H,4-5,12,14H2,1-3H3,(H,21,22). The van der Waals surface area contributed by atoms with E-state index in [4.69, 9.17) is 14.5 Å². The highest BCUT2D eigenvalue weighted by atomic mass is 16.5. The Morgan fingerprint density at radius 1 is 1.08 bits per heavy atom. The first-order valence-electron chi connectivity index (χ1n) is 8.66. The molecule has 3 aromatic rings. The summed E-state index contributed by atoms with van der Waals surface area (Å²) in [5.41, 5.74) is 3.25. The number of methoxy groups -OCH3 is 2. The van der Waals surface area contributed by atoms with Gasteiger partial charge in [0.25, 0.3) is 0 Å². The molecular formula is C20H25N3O2. The van der Waals surface area contributed by atoms with Gasteiger partial charge in [-0.2, -0.15) is 0 Å². The van der Waals surface area contributed by atoms with Crippen molar-refractivity contribution in [2.45, 2.75) is 32.9 Å². The third-order valence-electron chi connectivity index (χ3n) is 4.32. The lowest BCUT2D eigenvalue weighted by Crippen LogP contribution is -2.08. The molecule has 0 radical (unpaired) electrons. The van der Waals surface area contributed by atoms with Crippen molar-refractivity contribution in [2.24, 2.45) is 0 Å². The molecule has 0 aliphatic heterocycles. The Hall–Kier alpha value is -2.69. The molecule has 132 valence electrons. The molecule has 0 aliphatic carbocycles. The molecule has 1 aromatic heterocycles. The number of hydrogen-bond acceptors (Lipinski definition) is 4. The third kappa shape index (κ3) is 3.71. The predicted molar refractivity (Wildman–Crippen MR) is 102 cm³/mol. The summed E-state index contributed by atoms with van der Waals surface area (Å²) in [5.74, 6) is 2.49. The summed E-state index contributed by atoms with van der Waals surface area (Å²) in [6.07, 6.45) is 2.28. The van der Waals surface area contributed by atoms with Crippen molar-refractivity contribution in [2.75, 3.05) is 19.5 Å². The van der Waals surface area contributed by atoms with E-state index in [1.165, 1.54) is 5.52 Å². The third-order valence-corrected chi connectivity index (χ3v) is 4.32. The van der Waals surface area contributed by atoms with Gasteiger partial charge in [0.1, 0.15) is 11.5 Å². The Labute approximate surface area is 148 Å². The van der Waals surface area contributed by atoms with Gasteiger partial charge in [0.2, 0.25) is 5.95 Å². The van der Waals surface area contributed by atoms with E-state index in [2.05, 4.69) is 35.0 Å². The Balaban J connectivity index is 1.85. The zero-order valence-electron chi connectivity index (χ0n) is 15.1. The van der Waals surface area contributed by atoms with Crippen LogP contribution in [0.1, 0.15) is 25.3 Å². The zero-order valence-corrected chi connectivity index (χ0v) is 15.1. The van der Waals surface area contributed by atoms with Gasteiger partial charge in [-0.05, 0) is 30.7 Å². The second kappa shape index (κ2) is 7.92. The van der Waals surface area contributed by atoms with E-state index in [1.807, 2.05) is 24.3 Å². The van der Waals surface area contributed by atoms with Crippen molar-refractivity contribution in [1.29, 1.82) is 0 Å². The first-order chi connectivity index (χ1) is 12.3. The van der Waals surface area contributed by atoms with Crippen LogP contribution in [0.15, 0.2) is 42.5 Å². The Kier molecular flexibility index (Phi) is 5.43. The summed E-state index contributed by atoms with van der Waals surface area (Å²) in [5, 5.41) is 3.47. The Morgan fingerprint density at radius 3 is 2.68 bits per heavy atom. The molecule has 0 saturated carbocycles. The van der Waals surface area contributed by atoms with Crippen molar-refractivity contribution in [3.05, 3.63) is 48.0 Å². The summed E-state index contributed by atoms with van der Waals surface area (Å²) in [6.45, 7) is 3.80. The maximum atomic E-state index is 5.48. The largest absolute Gasteiger partial charge is 0.497 e. The molecule has 0 bridgehead atoms. The van der Waals surface area contributed by atoms with Crippen LogP contribution in [0.25, 0.3) is 11.0 Å². The molecule has 0 saturated heterocycles. The minimum Gasteiger partial charge on any atom is -0.497 e. The number of rotatable bonds is 8. The monoisotopic (exact) mass is 339 g/mol. The summed E-state index contributed by atoms with van der Waals surface area (Å²) in [7, 11) is 3.33. The molecule has 1 heterocycles. The minimum atomic E-state index is 0.641. The van der Waals surface area contributed by atoms with Crippen LogP contribution in [0.5, 0.6) is 11.5 Å². The molecule has 5 nitrogen and oxygen atoms in total. The first kappa shape index (κ1) is 17.1. The number of unbranched alkanes of at least 4 members (excludes halogenated alkanes) is 1. The van der Waals surface area contributed by atoms with E-state index in [0.29, 0.717) is 6.54 Å². The molecule has 0 atom stereocenters. The fourth-order valence-corrected chi connectivity index (χ4v) is 2.93. The number of hydrogen-bond donors (Lipinski definition) is 1. The summed E-state index contributed by atoms with van der Waals surface area (Å²) < 4.78 is 13.0. The highest BCUT2D eigenvalue weighted by Gasteiger charge is 2.11. The second-order valence-electron chi connectivity index (χ2n) is 5.96. The maximum Gasteiger partial charge on any atom is 0.204 e. The molecule has 0 aliphatic rings. The molecule has 0 spiro atoms. The zero-order chi connectivity index (χ0) is 17.6. The number of imidazole rings is 1. The fraction of sp³-hybridized carbons (Fsp3) is 0.350. The van der Waals surface area contributed by atoms with E-state index in [-0.39, 0.29) is 0 Å². The molecule has 2 aromatic carbocycles. The number of benzene rings is 2. The molecule has 5 heteroatoms. The van der Waals surface area contributed by atoms with Crippen LogP contribution in [0.2, 0.25) is 0 Å². The van der Waals surface area contributed by atoms with Crippen molar-refractivity contribution in [3.8, 4) is 11.5 Å². The number of para-hydroxylation sites is 2. The number of nitrogens with zero attached hydrogens (tertiary/aromatic N) is 2. The van der Waals surface area contributed by atoms with E-state index < -0.39 is 0 Å². The molecule has 0 unspecified atom stereocenters. The van der Waals surface area contributed by atoms with Crippen molar-refractivity contribution in [3.63, 3.8) is 0 Å². The molecule has 3 rings (SSSR count). The lowest BCUT2D eigenvalue weighted by Gasteiger charge is -2.13. The van der Waals surface area contributed by atoms with Crippen LogP contribution < -0.4 is 14.8 Å². The van der Waals surface area contributed by atoms with Gasteiger partial charge in [-0.3, -0.25) is 0 Å². The van der Waals surface area contributed by atoms with Gasteiger partial charge in [-0.25, -0.2) is 4.98 Å². The first-order valence-corrected chi connectivity index (χ1v) is 8.66. The molecule has 1 N–H and O–H groups in total. The van der Waals surface area contributed by atoms with Crippen LogP contribution in [0.4, 0.5) is 5.95 Å². The molecule has 0 fully saturated rings. The van der Waals surface area contributed by atoms with Crippen LogP contribution in [0, 0.1) is 0 Å². The van der Waals surface area contributed by atoms with E-state index in [0.717, 1.165) is 47.9 Å². The predicted octanol–water partition coefficient (Wildman–Crippen LogP) is 4.47. The molecular weight excluding hydrogens is 314 g/mol. The number of anilines is 1. The average Bonchev–Trinajstić information content (AvgIpc) is 3.02. The highest BCUT2D eigenvalue weighted by molar-refractivity contribution is 5.78. The van der Waals surface area contributed by atoms with E-state index in [1.54, 1.807) is 14.2 Å². The molecule has 0 amide bonds. The second-order valence-corrected chi connectivity index (χ2v) is 5.96. The summed E-state index contributed by atoms with van der Waals surface area (Å²) in [6, 6.07) is 14.1. The quantitative estimate of drug-likeness (QED) is 0.658. The molecule has 25 heavy (non-hydrogen) atoms. The Morgan fingerprint density at radius 2 is 1.92 bits per heavy atom. The minimum absolute atomic E-state index is 0.641. The fourth-order valence-electron chi connectivity index (χ4n) is 2.93. The SMILES string of the molecule is CCCCn1c(NCc2ccc(OC)cc2OC)nc2ccccc21. The van der Waals surface area contributed by atoms with Gasteiger partial charge in [0.15, 0.2) is 0 Å². The average molecular weight is 339 g/mol. The van der Waals surface area contributed by atoms with Gasteiger partial charge in [0, 0.05) is 24.7 Å². The van der Waals surface area contributed by atoms with E-state index in [9.17, 15) is 0 Å². The number of nitrogens with one attached hydrogen (secondary N) is 1. The van der Waals surface area contributed by atoms with Crippen molar-refractivity contribution in [1.82, 2.24) is 9.55 Å². The highest BCUT2D eigenvalue weighted by Crippen LogP contribution is 2.26. The number of fused-ring (bicyclic) bond motifs is 1. The van der Waals surface area contributed by atoms with Gasteiger partial charge >= 0.3 is 0 Å². The van der Waals surface area contributed by atoms with Gasteiger partial charge in [-0.1, -0.05) is 25.5 Å². The topological polar surface area (TPSA) is 48.3 Å². The van der Waals surface area contributed by atoms with Gasteiger partial charge in [0.05, 0.1) is 25.3 Å². The maximum absolute atomic E-state index is 5.48. The van der Waals surface area contributed by atoms with Crippen LogP contribution in [-0.4, -0.2) is 23.8 Å². The Bertz CT molecular complexity index is 842. The van der Waals surface area contributed by atoms with Crippen LogP contribution >= 0.6 is 0 Å². The van der Waals surface area contributed by atoms with E-state index >= 15 is 0 Å². The summed E-state index contributed by atoms with van der Waals surface area (Å²) in [4.78, 5) is 4.76. The van der Waals surface area contributed by atoms with Crippen molar-refractivity contribution >= 4 is 17.0 Å². The number of aryl methyl sites for hydroxylation is 1. The summed E-state index contributed by atoms with van der Waals surface area (Å²) >= 11 is 0. The smallest absolute Gasteiger partial charge is 0.204 e. The van der Waals surface area contributed by atoms with Crippen molar-refractivity contribution < 1.29 is 9.47 Å². The van der Waals surface area contributed by atoms with Crippen LogP contribution in [-0.2, 0) is 13.1 Å². The van der Waals surface area contributed by atoms with Gasteiger partial charge < -0.3 is 19.4 Å². The number of aromatic nitrogens is 2. The lowest BCUT2D eigenvalue weighted by molar-refractivity contribution is 0.391. The van der Waals surface area contributed by atoms with Gasteiger partial charge in [-0.15, -0.1) is 0 Å². The normalized spacial score (nSPS) is 10.8. The lowest BCUT2D eigenvalue weighted by atomic mass is 10.2. The van der Waals surface area contributed by atoms with Crippen LogP contribution in [0.3, 0.4) is 0 Å².